The third kappa shape index (κ3) is 3.19. The number of benzene rings is 1. The van der Waals surface area contributed by atoms with Gasteiger partial charge in [-0.05, 0) is 81.4 Å². The first-order valence-electron chi connectivity index (χ1n) is 7.92. The van der Waals surface area contributed by atoms with Gasteiger partial charge in [0.1, 0.15) is 0 Å². The van der Waals surface area contributed by atoms with Crippen LogP contribution < -0.4 is 5.32 Å². The van der Waals surface area contributed by atoms with Gasteiger partial charge in [-0.25, -0.2) is 0 Å². The fourth-order valence-electron chi connectivity index (χ4n) is 3.58. The zero-order valence-electron chi connectivity index (χ0n) is 12.4. The van der Waals surface area contributed by atoms with Gasteiger partial charge in [0.05, 0.1) is 0 Å². The van der Waals surface area contributed by atoms with Crippen molar-refractivity contribution in [2.75, 3.05) is 33.2 Å². The first-order chi connectivity index (χ1) is 9.74. The van der Waals surface area contributed by atoms with E-state index in [2.05, 4.69) is 35.5 Å². The lowest BCUT2D eigenvalue weighted by Crippen LogP contribution is -2.29. The standard InChI is InChI=1S/C17H25ClN2/c1-20-9-6-13(7-10-20)16-5-4-14(11-17(16)18)15-3-2-8-19-12-15/h4-5,11,13,15,19H,2-3,6-10,12H2,1H3. The van der Waals surface area contributed by atoms with Gasteiger partial charge >= 0.3 is 0 Å². The van der Waals surface area contributed by atoms with Crippen LogP contribution in [0.25, 0.3) is 0 Å². The second-order valence-corrected chi connectivity index (χ2v) is 6.81. The average molecular weight is 293 g/mol. The van der Waals surface area contributed by atoms with E-state index in [-0.39, 0.29) is 0 Å². The normalized spacial score (nSPS) is 25.8. The van der Waals surface area contributed by atoms with Crippen LogP contribution in [0.15, 0.2) is 18.2 Å². The summed E-state index contributed by atoms with van der Waals surface area (Å²) in [6.07, 6.45) is 5.04. The van der Waals surface area contributed by atoms with E-state index in [4.69, 9.17) is 11.6 Å². The van der Waals surface area contributed by atoms with Gasteiger partial charge in [0.2, 0.25) is 0 Å². The Balaban J connectivity index is 1.73. The number of hydrogen-bond acceptors (Lipinski definition) is 2. The molecule has 0 spiro atoms. The van der Waals surface area contributed by atoms with E-state index in [1.165, 1.54) is 49.9 Å². The Labute approximate surface area is 127 Å². The smallest absolute Gasteiger partial charge is 0.0443 e. The number of hydrogen-bond donors (Lipinski definition) is 1. The molecule has 0 amide bonds. The van der Waals surface area contributed by atoms with Crippen molar-refractivity contribution in [2.45, 2.75) is 37.5 Å². The summed E-state index contributed by atoms with van der Waals surface area (Å²) < 4.78 is 0. The summed E-state index contributed by atoms with van der Waals surface area (Å²) in [5.74, 6) is 1.30. The van der Waals surface area contributed by atoms with Crippen molar-refractivity contribution < 1.29 is 0 Å². The van der Waals surface area contributed by atoms with Crippen LogP contribution in [0.2, 0.25) is 5.02 Å². The molecule has 20 heavy (non-hydrogen) atoms. The molecule has 3 rings (SSSR count). The quantitative estimate of drug-likeness (QED) is 0.896. The maximum Gasteiger partial charge on any atom is 0.0443 e. The van der Waals surface area contributed by atoms with Crippen LogP contribution in [0, 0.1) is 0 Å². The minimum absolute atomic E-state index is 0.646. The molecule has 1 unspecified atom stereocenters. The monoisotopic (exact) mass is 292 g/mol. The Morgan fingerprint density at radius 3 is 2.60 bits per heavy atom. The topological polar surface area (TPSA) is 15.3 Å². The Bertz CT molecular complexity index is 446. The molecular weight excluding hydrogens is 268 g/mol. The third-order valence-corrected chi connectivity index (χ3v) is 5.28. The zero-order valence-corrected chi connectivity index (χ0v) is 13.1. The molecule has 0 aromatic heterocycles. The highest BCUT2D eigenvalue weighted by atomic mass is 35.5. The van der Waals surface area contributed by atoms with Crippen LogP contribution in [0.1, 0.15) is 48.6 Å². The molecule has 1 aromatic rings. The Hall–Kier alpha value is -0.570. The van der Waals surface area contributed by atoms with Crippen LogP contribution >= 0.6 is 11.6 Å². The van der Waals surface area contributed by atoms with Crippen LogP contribution in [0.4, 0.5) is 0 Å². The number of nitrogens with one attached hydrogen (secondary N) is 1. The molecule has 0 bridgehead atoms. The van der Waals surface area contributed by atoms with Crippen LogP contribution in [0.3, 0.4) is 0 Å². The zero-order chi connectivity index (χ0) is 13.9. The first kappa shape index (κ1) is 14.4. The van der Waals surface area contributed by atoms with Gasteiger partial charge in [0, 0.05) is 11.6 Å². The fraction of sp³-hybridized carbons (Fsp3) is 0.647. The highest BCUT2D eigenvalue weighted by Gasteiger charge is 2.22. The molecule has 2 heterocycles. The first-order valence-corrected chi connectivity index (χ1v) is 8.30. The molecule has 1 atom stereocenters. The second-order valence-electron chi connectivity index (χ2n) is 6.40. The lowest BCUT2D eigenvalue weighted by molar-refractivity contribution is 0.255. The predicted octanol–water partition coefficient (Wildman–Crippen LogP) is 3.62. The lowest BCUT2D eigenvalue weighted by atomic mass is 9.86. The molecule has 0 saturated carbocycles. The van der Waals surface area contributed by atoms with Crippen LogP contribution in [-0.2, 0) is 0 Å². The van der Waals surface area contributed by atoms with Crippen molar-refractivity contribution in [3.8, 4) is 0 Å². The molecule has 0 aliphatic carbocycles. The van der Waals surface area contributed by atoms with Crippen molar-refractivity contribution in [3.63, 3.8) is 0 Å². The maximum absolute atomic E-state index is 6.58. The van der Waals surface area contributed by atoms with E-state index in [1.807, 2.05) is 0 Å². The van der Waals surface area contributed by atoms with Gasteiger partial charge in [0.15, 0.2) is 0 Å². The van der Waals surface area contributed by atoms with Crippen molar-refractivity contribution in [2.24, 2.45) is 0 Å². The maximum atomic E-state index is 6.58. The highest BCUT2D eigenvalue weighted by molar-refractivity contribution is 6.31. The average Bonchev–Trinajstić information content (AvgIpc) is 2.49. The van der Waals surface area contributed by atoms with Gasteiger partial charge in [-0.3, -0.25) is 0 Å². The summed E-state index contributed by atoms with van der Waals surface area (Å²) >= 11 is 6.58. The summed E-state index contributed by atoms with van der Waals surface area (Å²) in [5, 5.41) is 4.48. The summed E-state index contributed by atoms with van der Waals surface area (Å²) in [6, 6.07) is 6.84. The molecule has 2 fully saturated rings. The summed E-state index contributed by atoms with van der Waals surface area (Å²) in [5.41, 5.74) is 2.78. The Morgan fingerprint density at radius 1 is 1.15 bits per heavy atom. The van der Waals surface area contributed by atoms with Crippen molar-refractivity contribution in [1.29, 1.82) is 0 Å². The van der Waals surface area contributed by atoms with Crippen molar-refractivity contribution in [3.05, 3.63) is 34.3 Å². The third-order valence-electron chi connectivity index (χ3n) is 4.95. The van der Waals surface area contributed by atoms with E-state index in [0.717, 1.165) is 18.1 Å². The fourth-order valence-corrected chi connectivity index (χ4v) is 3.93. The van der Waals surface area contributed by atoms with Crippen molar-refractivity contribution in [1.82, 2.24) is 10.2 Å². The number of piperidine rings is 2. The minimum Gasteiger partial charge on any atom is -0.316 e. The molecule has 110 valence electrons. The molecule has 2 saturated heterocycles. The van der Waals surface area contributed by atoms with Crippen LogP contribution in [-0.4, -0.2) is 38.1 Å². The molecule has 3 heteroatoms. The number of halogens is 1. The van der Waals surface area contributed by atoms with E-state index >= 15 is 0 Å². The number of likely N-dealkylation sites (tertiary alicyclic amines) is 1. The largest absolute Gasteiger partial charge is 0.316 e. The molecule has 2 nitrogen and oxygen atoms in total. The minimum atomic E-state index is 0.646. The Morgan fingerprint density at radius 2 is 1.95 bits per heavy atom. The lowest BCUT2D eigenvalue weighted by Gasteiger charge is -2.30. The van der Waals surface area contributed by atoms with E-state index in [0.29, 0.717) is 11.8 Å². The molecule has 1 aromatic carbocycles. The number of nitrogens with zero attached hydrogens (tertiary/aromatic N) is 1. The molecule has 1 N–H and O–H groups in total. The highest BCUT2D eigenvalue weighted by Crippen LogP contribution is 2.35. The molecule has 2 aliphatic heterocycles. The van der Waals surface area contributed by atoms with E-state index in [1.54, 1.807) is 0 Å². The summed E-state index contributed by atoms with van der Waals surface area (Å²) in [7, 11) is 2.21. The second kappa shape index (κ2) is 6.46. The van der Waals surface area contributed by atoms with E-state index in [9.17, 15) is 0 Å². The molecular formula is C17H25ClN2. The van der Waals surface area contributed by atoms with Gasteiger partial charge < -0.3 is 10.2 Å². The molecule has 0 radical (unpaired) electrons. The summed E-state index contributed by atoms with van der Waals surface area (Å²) in [6.45, 7) is 4.65. The summed E-state index contributed by atoms with van der Waals surface area (Å²) in [4.78, 5) is 2.41. The predicted molar refractivity (Wildman–Crippen MR) is 85.8 cm³/mol. The SMILES string of the molecule is CN1CCC(c2ccc(C3CCCNC3)cc2Cl)CC1. The van der Waals surface area contributed by atoms with Gasteiger partial charge in [-0.1, -0.05) is 23.7 Å². The Kier molecular flexibility index (Phi) is 4.65. The van der Waals surface area contributed by atoms with E-state index < -0.39 is 0 Å². The van der Waals surface area contributed by atoms with Crippen LogP contribution in [0.5, 0.6) is 0 Å². The van der Waals surface area contributed by atoms with Gasteiger partial charge in [0.25, 0.3) is 0 Å². The number of rotatable bonds is 2. The van der Waals surface area contributed by atoms with Gasteiger partial charge in [-0.15, -0.1) is 0 Å². The van der Waals surface area contributed by atoms with Crippen molar-refractivity contribution >= 4 is 11.6 Å². The van der Waals surface area contributed by atoms with Gasteiger partial charge in [-0.2, -0.15) is 0 Å². The molecule has 2 aliphatic rings.